The fourth-order valence-corrected chi connectivity index (χ4v) is 9.67. The van der Waals surface area contributed by atoms with Crippen LogP contribution in [0.4, 0.5) is 0 Å². The molecule has 34 heavy (non-hydrogen) atoms. The maximum Gasteiger partial charge on any atom is 0.305 e. The molecule has 0 saturated heterocycles. The maximum absolute atomic E-state index is 11.9. The summed E-state index contributed by atoms with van der Waals surface area (Å²) in [6.07, 6.45) is 18.9. The molecule has 0 aliphatic heterocycles. The molecule has 0 aromatic carbocycles. The summed E-state index contributed by atoms with van der Waals surface area (Å²) >= 11 is 0. The number of carbonyl (C=O) groups is 1. The van der Waals surface area contributed by atoms with Gasteiger partial charge in [0.1, 0.15) is 6.10 Å². The van der Waals surface area contributed by atoms with Crippen molar-refractivity contribution in [3.05, 3.63) is 11.6 Å². The average Bonchev–Trinajstić information content (AvgIpc) is 3.06. The molecule has 0 spiro atoms. The molecule has 2 nitrogen and oxygen atoms in total. The number of hydrogen-bond acceptors (Lipinski definition) is 2. The molecule has 0 aromatic rings. The van der Waals surface area contributed by atoms with E-state index in [1.165, 1.54) is 64.2 Å². The first-order valence-corrected chi connectivity index (χ1v) is 14.9. The quantitative estimate of drug-likeness (QED) is 0.274. The van der Waals surface area contributed by atoms with Gasteiger partial charge in [0.05, 0.1) is 0 Å². The standard InChI is InChI=1S/C32H54O2/c1-8-29(33)34-24-16-19-31(6)23(21-24)12-9-13-25-26-14-15-28(32(26,7)20-17-27(25)31)30(4,5)18-10-11-22(2)3/h12,22,24-28H,8-11,13-21H2,1-7H3/t24-,25+,26?,27-,28+,31-,32-/m0/s1. The molecule has 0 radical (unpaired) electrons. The second kappa shape index (κ2) is 9.93. The van der Waals surface area contributed by atoms with Crippen LogP contribution in [0.25, 0.3) is 0 Å². The van der Waals surface area contributed by atoms with E-state index in [0.29, 0.717) is 22.7 Å². The highest BCUT2D eigenvalue weighted by Crippen LogP contribution is 2.68. The Morgan fingerprint density at radius 1 is 1.09 bits per heavy atom. The third-order valence-electron chi connectivity index (χ3n) is 11.4. The molecule has 1 unspecified atom stereocenters. The zero-order chi connectivity index (χ0) is 24.7. The van der Waals surface area contributed by atoms with Crippen LogP contribution in [0.5, 0.6) is 0 Å². The summed E-state index contributed by atoms with van der Waals surface area (Å²) in [5, 5.41) is 0. The molecule has 0 heterocycles. The van der Waals surface area contributed by atoms with Crippen molar-refractivity contribution in [3.8, 4) is 0 Å². The molecule has 7 atom stereocenters. The van der Waals surface area contributed by atoms with Crippen molar-refractivity contribution in [3.63, 3.8) is 0 Å². The highest BCUT2D eigenvalue weighted by atomic mass is 16.5. The monoisotopic (exact) mass is 470 g/mol. The van der Waals surface area contributed by atoms with Crippen LogP contribution in [-0.4, -0.2) is 12.1 Å². The lowest BCUT2D eigenvalue weighted by Gasteiger charge is -2.57. The molecule has 3 saturated carbocycles. The van der Waals surface area contributed by atoms with Gasteiger partial charge in [-0.25, -0.2) is 0 Å². The number of ether oxygens (including phenoxy) is 1. The fraction of sp³-hybridized carbons (Fsp3) is 0.906. The van der Waals surface area contributed by atoms with Gasteiger partial charge in [-0.3, -0.25) is 4.79 Å². The Morgan fingerprint density at radius 2 is 1.85 bits per heavy atom. The summed E-state index contributed by atoms with van der Waals surface area (Å²) in [7, 11) is 0. The Bertz CT molecular complexity index is 763. The molecule has 0 N–H and O–H groups in total. The summed E-state index contributed by atoms with van der Waals surface area (Å²) < 4.78 is 5.82. The number of esters is 1. The average molecular weight is 471 g/mol. The van der Waals surface area contributed by atoms with Crippen LogP contribution in [0.3, 0.4) is 0 Å². The molecule has 194 valence electrons. The first-order valence-electron chi connectivity index (χ1n) is 14.9. The van der Waals surface area contributed by atoms with Crippen molar-refractivity contribution in [1.29, 1.82) is 0 Å². The Morgan fingerprint density at radius 3 is 2.56 bits per heavy atom. The highest BCUT2D eigenvalue weighted by molar-refractivity contribution is 5.69. The van der Waals surface area contributed by atoms with Crippen LogP contribution in [0.2, 0.25) is 0 Å². The predicted octanol–water partition coefficient (Wildman–Crippen LogP) is 9.13. The Kier molecular flexibility index (Phi) is 7.67. The molecular weight excluding hydrogens is 416 g/mol. The zero-order valence-corrected chi connectivity index (χ0v) is 23.6. The van der Waals surface area contributed by atoms with E-state index < -0.39 is 0 Å². The van der Waals surface area contributed by atoms with Crippen molar-refractivity contribution in [2.24, 2.45) is 45.8 Å². The van der Waals surface area contributed by atoms with Crippen molar-refractivity contribution in [2.45, 2.75) is 138 Å². The van der Waals surface area contributed by atoms with Gasteiger partial charge in [0.25, 0.3) is 0 Å². The van der Waals surface area contributed by atoms with Crippen LogP contribution in [0.15, 0.2) is 11.6 Å². The lowest BCUT2D eigenvalue weighted by Crippen LogP contribution is -2.49. The van der Waals surface area contributed by atoms with Crippen molar-refractivity contribution in [1.82, 2.24) is 0 Å². The van der Waals surface area contributed by atoms with Gasteiger partial charge in [0.15, 0.2) is 0 Å². The van der Waals surface area contributed by atoms with E-state index in [4.69, 9.17) is 4.74 Å². The number of hydrogen-bond donors (Lipinski definition) is 0. The third-order valence-corrected chi connectivity index (χ3v) is 11.4. The van der Waals surface area contributed by atoms with Gasteiger partial charge in [-0.05, 0) is 104 Å². The van der Waals surface area contributed by atoms with Gasteiger partial charge < -0.3 is 4.74 Å². The molecule has 0 aromatic heterocycles. The minimum Gasteiger partial charge on any atom is -0.462 e. The topological polar surface area (TPSA) is 26.3 Å². The van der Waals surface area contributed by atoms with Crippen molar-refractivity contribution in [2.75, 3.05) is 0 Å². The second-order valence-electron chi connectivity index (χ2n) is 14.3. The van der Waals surface area contributed by atoms with Gasteiger partial charge in [0, 0.05) is 12.8 Å². The van der Waals surface area contributed by atoms with Gasteiger partial charge in [-0.2, -0.15) is 0 Å². The van der Waals surface area contributed by atoms with E-state index in [2.05, 4.69) is 47.6 Å². The number of carbonyl (C=O) groups excluding carboxylic acids is 1. The van der Waals surface area contributed by atoms with E-state index >= 15 is 0 Å². The molecule has 0 amide bonds. The maximum atomic E-state index is 11.9. The zero-order valence-electron chi connectivity index (χ0n) is 23.6. The Labute approximate surface area is 211 Å². The SMILES string of the molecule is CCC(=O)O[C@H]1CC[C@@]2(C)C(=CCC[C@@H]3C4CC[C@H](C(C)(C)CCCC(C)C)[C@@]4(C)CC[C@@H]32)C1. The minimum absolute atomic E-state index is 0.0258. The van der Waals surface area contributed by atoms with E-state index in [9.17, 15) is 4.79 Å². The summed E-state index contributed by atoms with van der Waals surface area (Å²) in [5.74, 6) is 4.29. The van der Waals surface area contributed by atoms with Crippen LogP contribution in [0.1, 0.15) is 132 Å². The minimum atomic E-state index is -0.0258. The number of fused-ring (bicyclic) bond motifs is 5. The summed E-state index contributed by atoms with van der Waals surface area (Å²) in [5.41, 5.74) is 2.94. The summed E-state index contributed by atoms with van der Waals surface area (Å²) in [6, 6.07) is 0. The Hall–Kier alpha value is -0.790. The van der Waals surface area contributed by atoms with Crippen molar-refractivity contribution >= 4 is 5.97 Å². The van der Waals surface area contributed by atoms with Gasteiger partial charge in [-0.15, -0.1) is 0 Å². The third kappa shape index (κ3) is 4.78. The molecule has 4 aliphatic carbocycles. The van der Waals surface area contributed by atoms with Crippen LogP contribution >= 0.6 is 0 Å². The van der Waals surface area contributed by atoms with Gasteiger partial charge >= 0.3 is 5.97 Å². The fourth-order valence-electron chi connectivity index (χ4n) is 9.67. The van der Waals surface area contributed by atoms with E-state index in [1.54, 1.807) is 5.57 Å². The van der Waals surface area contributed by atoms with E-state index in [1.807, 2.05) is 6.92 Å². The lowest BCUT2D eigenvalue weighted by atomic mass is 9.48. The predicted molar refractivity (Wildman–Crippen MR) is 142 cm³/mol. The molecule has 0 bridgehead atoms. The van der Waals surface area contributed by atoms with E-state index in [-0.39, 0.29) is 12.1 Å². The normalized spacial score (nSPS) is 40.1. The largest absolute Gasteiger partial charge is 0.462 e. The molecular formula is C32H54O2. The van der Waals surface area contributed by atoms with E-state index in [0.717, 1.165) is 42.4 Å². The lowest BCUT2D eigenvalue weighted by molar-refractivity contribution is -0.150. The van der Waals surface area contributed by atoms with Crippen LogP contribution in [0, 0.1) is 45.8 Å². The van der Waals surface area contributed by atoms with Gasteiger partial charge in [0.2, 0.25) is 0 Å². The summed E-state index contributed by atoms with van der Waals surface area (Å²) in [4.78, 5) is 11.9. The van der Waals surface area contributed by atoms with Crippen LogP contribution in [-0.2, 0) is 9.53 Å². The van der Waals surface area contributed by atoms with Crippen molar-refractivity contribution < 1.29 is 9.53 Å². The van der Waals surface area contributed by atoms with Crippen LogP contribution < -0.4 is 0 Å². The first-order chi connectivity index (χ1) is 16.0. The molecule has 4 aliphatic rings. The Balaban J connectivity index is 1.49. The first kappa shape index (κ1) is 26.3. The molecule has 4 rings (SSSR count). The smallest absolute Gasteiger partial charge is 0.305 e. The molecule has 3 fully saturated rings. The highest BCUT2D eigenvalue weighted by Gasteiger charge is 2.60. The number of rotatable bonds is 7. The number of allylic oxidation sites excluding steroid dienone is 1. The second-order valence-corrected chi connectivity index (χ2v) is 14.3. The summed E-state index contributed by atoms with van der Waals surface area (Å²) in [6.45, 7) is 17.2. The van der Waals surface area contributed by atoms with Gasteiger partial charge in [-0.1, -0.05) is 73.0 Å². The molecule has 2 heteroatoms.